The summed E-state index contributed by atoms with van der Waals surface area (Å²) in [5, 5.41) is 5.48. The lowest BCUT2D eigenvalue weighted by molar-refractivity contribution is -0.141. The molecule has 0 radical (unpaired) electrons. The first kappa shape index (κ1) is 38.6. The van der Waals surface area contributed by atoms with E-state index >= 15 is 0 Å². The summed E-state index contributed by atoms with van der Waals surface area (Å²) in [7, 11) is -4.31. The zero-order valence-electron chi connectivity index (χ0n) is 29.8. The van der Waals surface area contributed by atoms with Crippen LogP contribution in [0.3, 0.4) is 0 Å². The van der Waals surface area contributed by atoms with Crippen LogP contribution in [0.25, 0.3) is 0 Å². The van der Waals surface area contributed by atoms with Gasteiger partial charge in [0.25, 0.3) is 15.9 Å². The Kier molecular flexibility index (Phi) is 11.1. The summed E-state index contributed by atoms with van der Waals surface area (Å²) in [5.41, 5.74) is -0.464. The highest BCUT2D eigenvalue weighted by molar-refractivity contribution is 7.92. The van der Waals surface area contributed by atoms with Gasteiger partial charge in [-0.2, -0.15) is 0 Å². The van der Waals surface area contributed by atoms with Crippen LogP contribution in [-0.4, -0.2) is 84.0 Å². The summed E-state index contributed by atoms with van der Waals surface area (Å²) < 4.78 is 39.8. The number of carbonyl (C=O) groups is 5. The molecule has 2 aromatic rings. The molecule has 1 aliphatic carbocycles. The average Bonchev–Trinajstić information content (AvgIpc) is 3.44. The molecule has 4 aliphatic rings. The molecule has 0 unspecified atom stereocenters. The molecular weight excluding hydrogens is 746 g/mol. The normalized spacial score (nSPS) is 26.9. The van der Waals surface area contributed by atoms with Gasteiger partial charge in [-0.15, -0.1) is 11.3 Å². The summed E-state index contributed by atoms with van der Waals surface area (Å²) >= 11 is 6.74. The number of nitrogens with zero attached hydrogens (tertiary/aromatic N) is 2. The van der Waals surface area contributed by atoms with E-state index in [9.17, 15) is 32.4 Å². The van der Waals surface area contributed by atoms with Crippen molar-refractivity contribution < 1.29 is 41.9 Å². The zero-order valence-corrected chi connectivity index (χ0v) is 32.2. The van der Waals surface area contributed by atoms with E-state index in [4.69, 9.17) is 21.1 Å². The first-order chi connectivity index (χ1) is 25.0. The third kappa shape index (κ3) is 8.98. The second-order valence-corrected chi connectivity index (χ2v) is 18.5. The average molecular weight is 790 g/mol. The van der Waals surface area contributed by atoms with Crippen LogP contribution in [-0.2, 0) is 47.0 Å². The second kappa shape index (κ2) is 15.3. The minimum atomic E-state index is -4.31. The van der Waals surface area contributed by atoms with Crippen molar-refractivity contribution in [2.24, 2.45) is 5.92 Å². The summed E-state index contributed by atoms with van der Waals surface area (Å²) in [5.74, 6) is -2.74. The molecule has 17 heteroatoms. The van der Waals surface area contributed by atoms with E-state index in [2.05, 4.69) is 15.4 Å². The van der Waals surface area contributed by atoms with Gasteiger partial charge in [0.05, 0.1) is 10.9 Å². The van der Waals surface area contributed by atoms with Gasteiger partial charge in [-0.25, -0.2) is 22.7 Å². The van der Waals surface area contributed by atoms with Crippen molar-refractivity contribution in [3.05, 3.63) is 64.0 Å². The Morgan fingerprint density at radius 3 is 2.42 bits per heavy atom. The number of carbonyl (C=O) groups excluding carboxylic acids is 5. The van der Waals surface area contributed by atoms with E-state index < -0.39 is 75.2 Å². The number of fused-ring (bicyclic) bond motifs is 3. The molecule has 4 heterocycles. The van der Waals surface area contributed by atoms with E-state index in [0.29, 0.717) is 25.9 Å². The highest BCUT2D eigenvalue weighted by Crippen LogP contribution is 2.46. The van der Waals surface area contributed by atoms with Gasteiger partial charge < -0.3 is 25.0 Å². The molecule has 3 aliphatic heterocycles. The van der Waals surface area contributed by atoms with Crippen molar-refractivity contribution in [1.29, 1.82) is 0 Å². The number of alkyl carbamates (subject to hydrolysis) is 1. The van der Waals surface area contributed by atoms with E-state index in [1.807, 2.05) is 30.3 Å². The number of allylic oxidation sites excluding steroid dienone is 1. The van der Waals surface area contributed by atoms with Crippen LogP contribution in [0.4, 0.5) is 9.59 Å². The fourth-order valence-corrected chi connectivity index (χ4v) is 9.52. The SMILES string of the molecule is CC(C)(C)OC(=O)N[C@H]1CCCCC/C=C/[C@@H]2C[C@@]2(C(=O)NS(=O)(=O)c2ccc(Cl)s2)NC(=O)[C@@H]2C[C@@H](OC(=O)N3Cc4ccccc4C3)CN2C1=O. The third-order valence-electron chi connectivity index (χ3n) is 9.74. The van der Waals surface area contributed by atoms with Crippen LogP contribution < -0.4 is 15.4 Å². The summed E-state index contributed by atoms with van der Waals surface area (Å²) in [4.78, 5) is 71.5. The minimum Gasteiger partial charge on any atom is -0.444 e. The number of hydrogen-bond donors (Lipinski definition) is 3. The Labute approximate surface area is 317 Å². The van der Waals surface area contributed by atoms with E-state index in [1.165, 1.54) is 21.9 Å². The molecule has 1 aromatic carbocycles. The molecule has 1 saturated carbocycles. The fraction of sp³-hybridized carbons (Fsp3) is 0.528. The van der Waals surface area contributed by atoms with Crippen molar-refractivity contribution in [2.45, 2.75) is 112 Å². The Morgan fingerprint density at radius 2 is 1.75 bits per heavy atom. The quantitative estimate of drug-likeness (QED) is 0.365. The number of thiophene rings is 1. The lowest BCUT2D eigenvalue weighted by atomic mass is 10.0. The molecule has 3 N–H and O–H groups in total. The molecule has 6 rings (SSSR count). The van der Waals surface area contributed by atoms with Crippen LogP contribution in [0.5, 0.6) is 0 Å². The zero-order chi connectivity index (χ0) is 38.1. The molecule has 0 spiro atoms. The number of sulfonamides is 1. The third-order valence-corrected chi connectivity index (χ3v) is 12.8. The van der Waals surface area contributed by atoms with E-state index in [0.717, 1.165) is 35.3 Å². The van der Waals surface area contributed by atoms with Gasteiger partial charge in [-0.3, -0.25) is 19.3 Å². The van der Waals surface area contributed by atoms with Gasteiger partial charge in [0.15, 0.2) is 0 Å². The van der Waals surface area contributed by atoms with Crippen molar-refractivity contribution in [1.82, 2.24) is 25.2 Å². The molecule has 2 fully saturated rings. The molecule has 0 bridgehead atoms. The Bertz CT molecular complexity index is 1890. The van der Waals surface area contributed by atoms with Gasteiger partial charge in [-0.05, 0) is 69.7 Å². The van der Waals surface area contributed by atoms with Crippen molar-refractivity contribution >= 4 is 62.9 Å². The lowest BCUT2D eigenvalue weighted by Gasteiger charge is -2.30. The Balaban J connectivity index is 1.26. The number of amides is 5. The minimum absolute atomic E-state index is 0.0898. The van der Waals surface area contributed by atoms with E-state index in [-0.39, 0.29) is 34.4 Å². The molecular formula is C36H44ClN5O9S2. The van der Waals surface area contributed by atoms with Crippen LogP contribution in [0.1, 0.15) is 76.8 Å². The lowest BCUT2D eigenvalue weighted by Crippen LogP contribution is -2.58. The molecule has 14 nitrogen and oxygen atoms in total. The number of hydrogen-bond acceptors (Lipinski definition) is 10. The van der Waals surface area contributed by atoms with Gasteiger partial charge >= 0.3 is 12.2 Å². The van der Waals surface area contributed by atoms with Crippen molar-refractivity contribution in [2.75, 3.05) is 6.54 Å². The predicted octanol–water partition coefficient (Wildman–Crippen LogP) is 4.62. The maximum atomic E-state index is 14.3. The number of halogens is 1. The molecule has 53 heavy (non-hydrogen) atoms. The summed E-state index contributed by atoms with van der Waals surface area (Å²) in [6, 6.07) is 8.06. The topological polar surface area (TPSA) is 181 Å². The first-order valence-electron chi connectivity index (χ1n) is 17.7. The van der Waals surface area contributed by atoms with Gasteiger partial charge in [0, 0.05) is 25.4 Å². The highest BCUT2D eigenvalue weighted by Gasteiger charge is 2.62. The number of ether oxygens (including phenoxy) is 2. The van der Waals surface area contributed by atoms with Crippen LogP contribution in [0, 0.1) is 5.92 Å². The second-order valence-electron chi connectivity index (χ2n) is 14.9. The molecule has 1 aromatic heterocycles. The highest BCUT2D eigenvalue weighted by atomic mass is 35.5. The Hall–Kier alpha value is -4.15. The largest absolute Gasteiger partial charge is 0.444 e. The predicted molar refractivity (Wildman–Crippen MR) is 195 cm³/mol. The van der Waals surface area contributed by atoms with Gasteiger partial charge in [-0.1, -0.05) is 60.9 Å². The fourth-order valence-electron chi connectivity index (χ4n) is 7.00. The summed E-state index contributed by atoms with van der Waals surface area (Å²) in [6.45, 7) is 5.66. The number of benzene rings is 1. The van der Waals surface area contributed by atoms with Crippen LogP contribution >= 0.6 is 22.9 Å². The Morgan fingerprint density at radius 1 is 1.04 bits per heavy atom. The monoisotopic (exact) mass is 789 g/mol. The smallest absolute Gasteiger partial charge is 0.410 e. The summed E-state index contributed by atoms with van der Waals surface area (Å²) in [6.07, 6.45) is 4.42. The first-order valence-corrected chi connectivity index (χ1v) is 20.4. The molecule has 286 valence electrons. The molecule has 5 atom stereocenters. The van der Waals surface area contributed by atoms with Crippen molar-refractivity contribution in [3.8, 4) is 0 Å². The molecule has 5 amide bonds. The number of rotatable bonds is 5. The standard InChI is InChI=1S/C36H44ClN5O9S2/c1-35(2,3)51-33(46)38-26-14-8-6-4-5-7-13-24-18-36(24,32(45)40-53(48,49)29-16-15-28(37)52-29)39-30(43)27-17-25(21-42(27)31(26)44)50-34(47)41-19-22-11-9-10-12-23(22)20-41/h7,9-13,15-16,24-27H,4-6,8,14,17-21H2,1-3H3,(H,38,46)(H,39,43)(H,40,45)/b13-7+/t24-,25-,26+,27+,36-/m1/s1. The van der Waals surface area contributed by atoms with Gasteiger partial charge in [0.1, 0.15) is 33.5 Å². The maximum Gasteiger partial charge on any atom is 0.410 e. The van der Waals surface area contributed by atoms with E-state index in [1.54, 1.807) is 26.8 Å². The van der Waals surface area contributed by atoms with Crippen LogP contribution in [0.15, 0.2) is 52.8 Å². The van der Waals surface area contributed by atoms with Crippen LogP contribution in [0.2, 0.25) is 4.34 Å². The number of nitrogens with one attached hydrogen (secondary N) is 3. The van der Waals surface area contributed by atoms with Gasteiger partial charge in [0.2, 0.25) is 11.8 Å². The maximum absolute atomic E-state index is 14.3. The molecule has 1 saturated heterocycles. The van der Waals surface area contributed by atoms with Crippen molar-refractivity contribution in [3.63, 3.8) is 0 Å².